The lowest BCUT2D eigenvalue weighted by Gasteiger charge is -2.25. The molecule has 0 bridgehead atoms. The first-order valence-corrected chi connectivity index (χ1v) is 8.01. The van der Waals surface area contributed by atoms with Gasteiger partial charge in [0.05, 0.1) is 0 Å². The number of rotatable bonds is 6. The summed E-state index contributed by atoms with van der Waals surface area (Å²) >= 11 is 6.01. The Labute approximate surface area is 122 Å². The average molecular weight is 280 g/mol. The Bertz CT molecular complexity index is 365. The zero-order chi connectivity index (χ0) is 13.7. The smallest absolute Gasteiger partial charge is 0.0406 e. The third-order valence-corrected chi connectivity index (χ3v) is 4.44. The first-order valence-electron chi connectivity index (χ1n) is 7.63. The summed E-state index contributed by atoms with van der Waals surface area (Å²) in [7, 11) is 0. The number of hydrogen-bond donors (Lipinski definition) is 1. The van der Waals surface area contributed by atoms with Gasteiger partial charge in [0.2, 0.25) is 0 Å². The molecule has 2 rings (SSSR count). The monoisotopic (exact) mass is 279 g/mol. The summed E-state index contributed by atoms with van der Waals surface area (Å²) in [6.45, 7) is 6.74. The maximum Gasteiger partial charge on any atom is 0.0406 e. The normalized spacial score (nSPS) is 18.1. The zero-order valence-corrected chi connectivity index (χ0v) is 12.9. The Balaban J connectivity index is 2.02. The highest BCUT2D eigenvalue weighted by Gasteiger charge is 2.25. The molecule has 1 N–H and O–H groups in total. The Kier molecular flexibility index (Phi) is 5.72. The molecule has 0 aromatic heterocycles. The Morgan fingerprint density at radius 2 is 1.74 bits per heavy atom. The second-order valence-electron chi connectivity index (χ2n) is 6.25. The van der Waals surface area contributed by atoms with Gasteiger partial charge in [-0.25, -0.2) is 0 Å². The number of hydrogen-bond acceptors (Lipinski definition) is 1. The van der Waals surface area contributed by atoms with E-state index in [9.17, 15) is 0 Å². The predicted molar refractivity (Wildman–Crippen MR) is 83.9 cm³/mol. The molecular weight excluding hydrogens is 254 g/mol. The molecule has 0 amide bonds. The topological polar surface area (TPSA) is 12.0 Å². The molecule has 1 atom stereocenters. The molecule has 0 spiro atoms. The van der Waals surface area contributed by atoms with E-state index in [-0.39, 0.29) is 0 Å². The van der Waals surface area contributed by atoms with Crippen LogP contribution >= 0.6 is 11.6 Å². The van der Waals surface area contributed by atoms with E-state index >= 15 is 0 Å². The van der Waals surface area contributed by atoms with Crippen molar-refractivity contribution in [1.82, 2.24) is 5.32 Å². The van der Waals surface area contributed by atoms with Gasteiger partial charge in [0.25, 0.3) is 0 Å². The lowest BCUT2D eigenvalue weighted by atomic mass is 9.84. The van der Waals surface area contributed by atoms with Gasteiger partial charge in [0, 0.05) is 11.6 Å². The van der Waals surface area contributed by atoms with E-state index in [2.05, 4.69) is 31.3 Å². The molecule has 1 aromatic carbocycles. The summed E-state index contributed by atoms with van der Waals surface area (Å²) in [5.74, 6) is 2.22. The summed E-state index contributed by atoms with van der Waals surface area (Å²) in [6, 6.07) is 8.48. The van der Waals surface area contributed by atoms with Crippen LogP contribution in [0.15, 0.2) is 24.3 Å². The quantitative estimate of drug-likeness (QED) is 0.784. The van der Waals surface area contributed by atoms with E-state index in [1.54, 1.807) is 0 Å². The Hall–Kier alpha value is -0.530. The fraction of sp³-hybridized carbons (Fsp3) is 0.647. The first-order chi connectivity index (χ1) is 9.16. The Morgan fingerprint density at radius 1 is 1.11 bits per heavy atom. The van der Waals surface area contributed by atoms with Crippen LogP contribution in [0.2, 0.25) is 5.02 Å². The van der Waals surface area contributed by atoms with Crippen LogP contribution in [-0.2, 0) is 0 Å². The van der Waals surface area contributed by atoms with E-state index in [1.165, 1.54) is 31.2 Å². The maximum atomic E-state index is 6.01. The lowest BCUT2D eigenvalue weighted by molar-refractivity contribution is 0.400. The minimum absolute atomic E-state index is 0.651. The summed E-state index contributed by atoms with van der Waals surface area (Å²) < 4.78 is 0. The molecule has 106 valence electrons. The number of benzene rings is 1. The van der Waals surface area contributed by atoms with Crippen molar-refractivity contribution >= 4 is 11.6 Å². The van der Waals surface area contributed by atoms with Crippen molar-refractivity contribution in [3.8, 4) is 0 Å². The van der Waals surface area contributed by atoms with Crippen LogP contribution in [0.25, 0.3) is 0 Å². The summed E-state index contributed by atoms with van der Waals surface area (Å²) in [5, 5.41) is 4.48. The van der Waals surface area contributed by atoms with Gasteiger partial charge in [0.15, 0.2) is 0 Å². The minimum Gasteiger partial charge on any atom is -0.316 e. The largest absolute Gasteiger partial charge is 0.316 e. The van der Waals surface area contributed by atoms with Gasteiger partial charge < -0.3 is 5.32 Å². The van der Waals surface area contributed by atoms with Gasteiger partial charge in [-0.3, -0.25) is 0 Å². The third kappa shape index (κ3) is 4.50. The molecule has 1 nitrogen and oxygen atoms in total. The SMILES string of the molecule is CC(C)CNCC(c1ccc(Cl)cc1)C1CCCC1. The van der Waals surface area contributed by atoms with Crippen LogP contribution < -0.4 is 5.32 Å². The summed E-state index contributed by atoms with van der Waals surface area (Å²) in [6.07, 6.45) is 5.57. The molecule has 1 fully saturated rings. The van der Waals surface area contributed by atoms with Crippen LogP contribution in [0.4, 0.5) is 0 Å². The van der Waals surface area contributed by atoms with Gasteiger partial charge in [-0.05, 0) is 54.8 Å². The van der Waals surface area contributed by atoms with E-state index < -0.39 is 0 Å². The van der Waals surface area contributed by atoms with E-state index in [1.807, 2.05) is 12.1 Å². The lowest BCUT2D eigenvalue weighted by Crippen LogP contribution is -2.28. The highest BCUT2D eigenvalue weighted by molar-refractivity contribution is 6.30. The highest BCUT2D eigenvalue weighted by atomic mass is 35.5. The molecule has 1 aliphatic rings. The van der Waals surface area contributed by atoms with Crippen molar-refractivity contribution < 1.29 is 0 Å². The Morgan fingerprint density at radius 3 is 2.32 bits per heavy atom. The van der Waals surface area contributed by atoms with Crippen molar-refractivity contribution in [2.45, 2.75) is 45.4 Å². The molecular formula is C17H26ClN. The maximum absolute atomic E-state index is 6.01. The van der Waals surface area contributed by atoms with Crippen LogP contribution in [0.5, 0.6) is 0 Å². The van der Waals surface area contributed by atoms with Crippen LogP contribution in [0.1, 0.15) is 51.0 Å². The highest BCUT2D eigenvalue weighted by Crippen LogP contribution is 2.37. The minimum atomic E-state index is 0.651. The van der Waals surface area contributed by atoms with Crippen LogP contribution in [0.3, 0.4) is 0 Å². The molecule has 1 saturated carbocycles. The fourth-order valence-corrected chi connectivity index (χ4v) is 3.28. The van der Waals surface area contributed by atoms with Gasteiger partial charge in [-0.1, -0.05) is 50.4 Å². The zero-order valence-electron chi connectivity index (χ0n) is 12.2. The van der Waals surface area contributed by atoms with Gasteiger partial charge in [-0.15, -0.1) is 0 Å². The molecule has 0 radical (unpaired) electrons. The molecule has 2 heteroatoms. The molecule has 19 heavy (non-hydrogen) atoms. The molecule has 0 heterocycles. The van der Waals surface area contributed by atoms with Crippen LogP contribution in [0, 0.1) is 11.8 Å². The standard InChI is InChI=1S/C17H26ClN/c1-13(2)11-19-12-17(14-5-3-4-6-14)15-7-9-16(18)10-8-15/h7-10,13-14,17,19H,3-6,11-12H2,1-2H3. The van der Waals surface area contributed by atoms with Gasteiger partial charge in [0.1, 0.15) is 0 Å². The molecule has 1 unspecified atom stereocenters. The first kappa shape index (κ1) is 14.9. The van der Waals surface area contributed by atoms with Crippen molar-refractivity contribution in [1.29, 1.82) is 0 Å². The molecule has 0 aliphatic heterocycles. The second kappa shape index (κ2) is 7.31. The van der Waals surface area contributed by atoms with Gasteiger partial charge in [-0.2, -0.15) is 0 Å². The molecule has 1 aromatic rings. The summed E-state index contributed by atoms with van der Waals surface area (Å²) in [4.78, 5) is 0. The van der Waals surface area contributed by atoms with Crippen molar-refractivity contribution in [2.75, 3.05) is 13.1 Å². The van der Waals surface area contributed by atoms with Crippen molar-refractivity contribution in [3.05, 3.63) is 34.9 Å². The van der Waals surface area contributed by atoms with E-state index in [4.69, 9.17) is 11.6 Å². The predicted octanol–water partition coefficient (Wildman–Crippen LogP) is 4.86. The number of halogens is 1. The van der Waals surface area contributed by atoms with E-state index in [0.29, 0.717) is 5.92 Å². The molecule has 0 saturated heterocycles. The van der Waals surface area contributed by atoms with Crippen molar-refractivity contribution in [2.24, 2.45) is 11.8 Å². The third-order valence-electron chi connectivity index (χ3n) is 4.18. The van der Waals surface area contributed by atoms with E-state index in [0.717, 1.165) is 29.9 Å². The average Bonchev–Trinajstić information content (AvgIpc) is 2.89. The van der Waals surface area contributed by atoms with Crippen LogP contribution in [-0.4, -0.2) is 13.1 Å². The van der Waals surface area contributed by atoms with Gasteiger partial charge >= 0.3 is 0 Å². The fourth-order valence-electron chi connectivity index (χ4n) is 3.15. The molecule has 1 aliphatic carbocycles. The van der Waals surface area contributed by atoms with Crippen molar-refractivity contribution in [3.63, 3.8) is 0 Å². The second-order valence-corrected chi connectivity index (χ2v) is 6.69. The summed E-state index contributed by atoms with van der Waals surface area (Å²) in [5.41, 5.74) is 1.45. The number of nitrogens with one attached hydrogen (secondary N) is 1.